The summed E-state index contributed by atoms with van der Waals surface area (Å²) in [6.07, 6.45) is 2.60. The second kappa shape index (κ2) is 8.13. The van der Waals surface area contributed by atoms with Crippen molar-refractivity contribution in [2.24, 2.45) is 0 Å². The van der Waals surface area contributed by atoms with Gasteiger partial charge in [-0.25, -0.2) is 9.59 Å². The van der Waals surface area contributed by atoms with E-state index in [4.69, 9.17) is 9.84 Å². The number of unbranched alkanes of at least 4 members (excludes halogenated alkanes) is 1. The first kappa shape index (κ1) is 16.7. The van der Waals surface area contributed by atoms with Crippen LogP contribution < -0.4 is 0 Å². The summed E-state index contributed by atoms with van der Waals surface area (Å²) < 4.78 is 5.18. The lowest BCUT2D eigenvalue weighted by Crippen LogP contribution is -2.12. The van der Waals surface area contributed by atoms with Crippen molar-refractivity contribution < 1.29 is 19.4 Å². The topological polar surface area (TPSA) is 63.6 Å². The van der Waals surface area contributed by atoms with E-state index >= 15 is 0 Å². The van der Waals surface area contributed by atoms with E-state index in [1.54, 1.807) is 12.1 Å². The minimum Gasteiger partial charge on any atom is -0.478 e. The highest BCUT2D eigenvalue weighted by atomic mass is 16.5. The first-order chi connectivity index (χ1) is 11.1. The van der Waals surface area contributed by atoms with Crippen LogP contribution >= 0.6 is 0 Å². The number of carbonyl (C=O) groups is 2. The summed E-state index contributed by atoms with van der Waals surface area (Å²) in [5.74, 6) is -1.71. The van der Waals surface area contributed by atoms with Crippen LogP contribution in [0.3, 0.4) is 0 Å². The van der Waals surface area contributed by atoms with E-state index in [-0.39, 0.29) is 11.1 Å². The average Bonchev–Trinajstić information content (AvgIpc) is 2.56. The quantitative estimate of drug-likeness (QED) is 0.622. The Morgan fingerprint density at radius 3 is 2.30 bits per heavy atom. The largest absolute Gasteiger partial charge is 0.478 e. The van der Waals surface area contributed by atoms with Crippen LogP contribution in [0.15, 0.2) is 48.5 Å². The molecule has 0 heterocycles. The number of aromatic carboxylic acids is 1. The van der Waals surface area contributed by atoms with Gasteiger partial charge in [0.25, 0.3) is 0 Å². The Labute approximate surface area is 135 Å². The maximum absolute atomic E-state index is 12.0. The van der Waals surface area contributed by atoms with Gasteiger partial charge in [-0.2, -0.15) is 0 Å². The van der Waals surface area contributed by atoms with Gasteiger partial charge in [0.2, 0.25) is 0 Å². The lowest BCUT2D eigenvalue weighted by molar-refractivity contribution is 0.0488. The molecule has 120 valence electrons. The van der Waals surface area contributed by atoms with Crippen molar-refractivity contribution in [3.63, 3.8) is 0 Å². The number of carboxylic acids is 1. The highest BCUT2D eigenvalue weighted by Gasteiger charge is 2.16. The maximum Gasteiger partial charge on any atom is 0.339 e. The van der Waals surface area contributed by atoms with Gasteiger partial charge >= 0.3 is 11.9 Å². The fourth-order valence-corrected chi connectivity index (χ4v) is 2.40. The zero-order valence-electron chi connectivity index (χ0n) is 13.1. The van der Waals surface area contributed by atoms with Gasteiger partial charge < -0.3 is 9.84 Å². The third-order valence-electron chi connectivity index (χ3n) is 3.71. The molecule has 2 aromatic carbocycles. The molecule has 23 heavy (non-hydrogen) atoms. The SMILES string of the molecule is Cc1ccccc1CCCCOC(=O)c1ccccc1C(=O)O. The van der Waals surface area contributed by atoms with Crippen molar-refractivity contribution in [1.29, 1.82) is 0 Å². The molecule has 0 bridgehead atoms. The van der Waals surface area contributed by atoms with Crippen molar-refractivity contribution in [1.82, 2.24) is 0 Å². The molecule has 4 heteroatoms. The zero-order valence-corrected chi connectivity index (χ0v) is 13.1. The highest BCUT2D eigenvalue weighted by molar-refractivity contribution is 6.02. The molecule has 0 fully saturated rings. The Bertz CT molecular complexity index is 691. The lowest BCUT2D eigenvalue weighted by Gasteiger charge is -2.08. The molecule has 0 aliphatic carbocycles. The average molecular weight is 312 g/mol. The third-order valence-corrected chi connectivity index (χ3v) is 3.71. The van der Waals surface area contributed by atoms with Crippen molar-refractivity contribution >= 4 is 11.9 Å². The van der Waals surface area contributed by atoms with Crippen molar-refractivity contribution in [3.05, 3.63) is 70.8 Å². The molecule has 4 nitrogen and oxygen atoms in total. The minimum atomic E-state index is -1.13. The minimum absolute atomic E-state index is 0.0302. The summed E-state index contributed by atoms with van der Waals surface area (Å²) in [4.78, 5) is 23.1. The Hall–Kier alpha value is -2.62. The molecule has 0 aromatic heterocycles. The van der Waals surface area contributed by atoms with Gasteiger partial charge in [0, 0.05) is 0 Å². The van der Waals surface area contributed by atoms with E-state index in [0.717, 1.165) is 19.3 Å². The summed E-state index contributed by atoms with van der Waals surface area (Å²) in [6.45, 7) is 2.37. The molecule has 1 N–H and O–H groups in total. The molecule has 0 amide bonds. The summed E-state index contributed by atoms with van der Waals surface area (Å²) in [5.41, 5.74) is 2.63. The molecule has 0 saturated heterocycles. The maximum atomic E-state index is 12.0. The van der Waals surface area contributed by atoms with Crippen LogP contribution in [0.1, 0.15) is 44.7 Å². The highest BCUT2D eigenvalue weighted by Crippen LogP contribution is 2.12. The van der Waals surface area contributed by atoms with Gasteiger partial charge in [0.1, 0.15) is 0 Å². The second-order valence-electron chi connectivity index (χ2n) is 5.37. The fraction of sp³-hybridized carbons (Fsp3) is 0.263. The summed E-state index contributed by atoms with van der Waals surface area (Å²) in [6, 6.07) is 14.3. The van der Waals surface area contributed by atoms with Crippen LogP contribution in [0.4, 0.5) is 0 Å². The van der Waals surface area contributed by atoms with E-state index in [0.29, 0.717) is 6.61 Å². The summed E-state index contributed by atoms with van der Waals surface area (Å²) >= 11 is 0. The number of carbonyl (C=O) groups excluding carboxylic acids is 1. The van der Waals surface area contributed by atoms with Crippen molar-refractivity contribution in [3.8, 4) is 0 Å². The predicted molar refractivity (Wildman–Crippen MR) is 87.8 cm³/mol. The number of hydrogen-bond acceptors (Lipinski definition) is 3. The second-order valence-corrected chi connectivity index (χ2v) is 5.37. The molecule has 0 radical (unpaired) electrons. The smallest absolute Gasteiger partial charge is 0.339 e. The van der Waals surface area contributed by atoms with Gasteiger partial charge in [-0.05, 0) is 49.4 Å². The molecule has 0 saturated carbocycles. The Morgan fingerprint density at radius 1 is 0.957 bits per heavy atom. The molecule has 0 atom stereocenters. The van der Waals surface area contributed by atoms with Gasteiger partial charge in [0.05, 0.1) is 17.7 Å². The van der Waals surface area contributed by atoms with Crippen LogP contribution in [0, 0.1) is 6.92 Å². The van der Waals surface area contributed by atoms with Gasteiger partial charge in [-0.1, -0.05) is 36.4 Å². The standard InChI is InChI=1S/C19H20O4/c1-14-8-2-3-9-15(14)10-6-7-13-23-19(22)17-12-5-4-11-16(17)18(20)21/h2-5,8-9,11-12H,6-7,10,13H2,1H3,(H,20,21). The van der Waals surface area contributed by atoms with Gasteiger partial charge in [-0.3, -0.25) is 0 Å². The summed E-state index contributed by atoms with van der Waals surface area (Å²) in [7, 11) is 0. The van der Waals surface area contributed by atoms with Crippen LogP contribution in [0.25, 0.3) is 0 Å². The van der Waals surface area contributed by atoms with E-state index in [2.05, 4.69) is 19.1 Å². The predicted octanol–water partition coefficient (Wildman–Crippen LogP) is 3.87. The molecular weight excluding hydrogens is 292 g/mol. The third kappa shape index (κ3) is 4.68. The van der Waals surface area contributed by atoms with E-state index in [1.807, 2.05) is 12.1 Å². The van der Waals surface area contributed by atoms with Crippen molar-refractivity contribution in [2.45, 2.75) is 26.2 Å². The van der Waals surface area contributed by atoms with Crippen LogP contribution in [-0.2, 0) is 11.2 Å². The Morgan fingerprint density at radius 2 is 1.61 bits per heavy atom. The fourth-order valence-electron chi connectivity index (χ4n) is 2.40. The Balaban J connectivity index is 1.80. The van der Waals surface area contributed by atoms with E-state index in [1.165, 1.54) is 23.3 Å². The summed E-state index contributed by atoms with van der Waals surface area (Å²) in [5, 5.41) is 9.07. The van der Waals surface area contributed by atoms with E-state index < -0.39 is 11.9 Å². The van der Waals surface area contributed by atoms with Crippen LogP contribution in [0.2, 0.25) is 0 Å². The molecule has 0 spiro atoms. The number of benzene rings is 2. The number of hydrogen-bond donors (Lipinski definition) is 1. The number of ether oxygens (including phenoxy) is 1. The van der Waals surface area contributed by atoms with E-state index in [9.17, 15) is 9.59 Å². The van der Waals surface area contributed by atoms with Crippen LogP contribution in [-0.4, -0.2) is 23.7 Å². The molecule has 0 aliphatic rings. The molecule has 2 rings (SSSR count). The van der Waals surface area contributed by atoms with Crippen LogP contribution in [0.5, 0.6) is 0 Å². The van der Waals surface area contributed by atoms with Gasteiger partial charge in [0.15, 0.2) is 0 Å². The first-order valence-corrected chi connectivity index (χ1v) is 7.63. The monoisotopic (exact) mass is 312 g/mol. The number of esters is 1. The van der Waals surface area contributed by atoms with Crippen molar-refractivity contribution in [2.75, 3.05) is 6.61 Å². The molecular formula is C19H20O4. The molecule has 0 unspecified atom stereocenters. The Kier molecular flexibility index (Phi) is 5.92. The number of aryl methyl sites for hydroxylation is 2. The first-order valence-electron chi connectivity index (χ1n) is 7.63. The number of carboxylic acid groups (broad SMARTS) is 1. The zero-order chi connectivity index (χ0) is 16.7. The molecule has 2 aromatic rings. The normalized spacial score (nSPS) is 10.3. The molecule has 0 aliphatic heterocycles. The van der Waals surface area contributed by atoms with Gasteiger partial charge in [-0.15, -0.1) is 0 Å². The number of rotatable bonds is 7. The lowest BCUT2D eigenvalue weighted by atomic mass is 10.0.